The number of aromatic nitrogens is 2. The Bertz CT molecular complexity index is 973. The first-order valence-electron chi connectivity index (χ1n) is 8.50. The SMILES string of the molecule is COC(=O)c1ccccc1Nc1c(C)c(C)nn1-c1cc(C)ccc1C. The van der Waals surface area contributed by atoms with Gasteiger partial charge in [-0.3, -0.25) is 0 Å². The highest BCUT2D eigenvalue weighted by molar-refractivity contribution is 5.96. The minimum atomic E-state index is -0.375. The molecule has 0 spiro atoms. The van der Waals surface area contributed by atoms with Gasteiger partial charge in [-0.15, -0.1) is 0 Å². The van der Waals surface area contributed by atoms with Crippen molar-refractivity contribution in [3.05, 3.63) is 70.4 Å². The molecule has 0 bridgehead atoms. The highest BCUT2D eigenvalue weighted by atomic mass is 16.5. The van der Waals surface area contributed by atoms with Crippen LogP contribution in [-0.2, 0) is 4.74 Å². The number of aryl methyl sites for hydroxylation is 3. The van der Waals surface area contributed by atoms with Crippen molar-refractivity contribution in [3.8, 4) is 5.69 Å². The van der Waals surface area contributed by atoms with Crippen molar-refractivity contribution < 1.29 is 9.53 Å². The second-order valence-electron chi connectivity index (χ2n) is 6.42. The number of carbonyl (C=O) groups is 1. The number of rotatable bonds is 4. The van der Waals surface area contributed by atoms with Gasteiger partial charge in [0.1, 0.15) is 5.82 Å². The van der Waals surface area contributed by atoms with Crippen molar-refractivity contribution >= 4 is 17.5 Å². The molecule has 0 saturated heterocycles. The lowest BCUT2D eigenvalue weighted by molar-refractivity contribution is 0.0602. The summed E-state index contributed by atoms with van der Waals surface area (Å²) >= 11 is 0. The van der Waals surface area contributed by atoms with Crippen LogP contribution < -0.4 is 5.32 Å². The number of carbonyl (C=O) groups excluding carboxylic acids is 1. The molecule has 134 valence electrons. The van der Waals surface area contributed by atoms with E-state index < -0.39 is 0 Å². The van der Waals surface area contributed by atoms with Gasteiger partial charge >= 0.3 is 5.97 Å². The Kier molecular flexibility index (Phi) is 4.80. The molecule has 0 aliphatic rings. The quantitative estimate of drug-likeness (QED) is 0.697. The highest BCUT2D eigenvalue weighted by Gasteiger charge is 2.18. The van der Waals surface area contributed by atoms with Crippen LogP contribution in [0.2, 0.25) is 0 Å². The zero-order chi connectivity index (χ0) is 18.8. The van der Waals surface area contributed by atoms with E-state index in [9.17, 15) is 4.79 Å². The molecule has 0 fully saturated rings. The molecule has 1 aromatic heterocycles. The molecule has 5 heteroatoms. The number of ether oxygens (including phenoxy) is 1. The fourth-order valence-electron chi connectivity index (χ4n) is 2.88. The molecule has 1 heterocycles. The molecule has 0 radical (unpaired) electrons. The Morgan fingerprint density at radius 3 is 2.54 bits per heavy atom. The Morgan fingerprint density at radius 2 is 1.81 bits per heavy atom. The van der Waals surface area contributed by atoms with Crippen LogP contribution in [0, 0.1) is 27.7 Å². The smallest absolute Gasteiger partial charge is 0.339 e. The van der Waals surface area contributed by atoms with Crippen molar-refractivity contribution in [1.29, 1.82) is 0 Å². The summed E-state index contributed by atoms with van der Waals surface area (Å²) in [6.07, 6.45) is 0. The van der Waals surface area contributed by atoms with Gasteiger partial charge in [-0.05, 0) is 57.0 Å². The average molecular weight is 349 g/mol. The molecule has 1 N–H and O–H groups in total. The molecule has 5 nitrogen and oxygen atoms in total. The summed E-state index contributed by atoms with van der Waals surface area (Å²) in [5.74, 6) is 0.466. The lowest BCUT2D eigenvalue weighted by Crippen LogP contribution is -2.09. The fraction of sp³-hybridized carbons (Fsp3) is 0.238. The topological polar surface area (TPSA) is 56.1 Å². The molecule has 2 aromatic carbocycles. The van der Waals surface area contributed by atoms with Crippen molar-refractivity contribution in [2.24, 2.45) is 0 Å². The number of methoxy groups -OCH3 is 1. The van der Waals surface area contributed by atoms with Crippen molar-refractivity contribution in [2.75, 3.05) is 12.4 Å². The van der Waals surface area contributed by atoms with Gasteiger partial charge in [0.2, 0.25) is 0 Å². The normalized spacial score (nSPS) is 10.7. The third-order valence-electron chi connectivity index (χ3n) is 4.54. The van der Waals surface area contributed by atoms with Gasteiger partial charge in [0.25, 0.3) is 0 Å². The molecular weight excluding hydrogens is 326 g/mol. The molecule has 3 rings (SSSR count). The van der Waals surface area contributed by atoms with Gasteiger partial charge in [0, 0.05) is 5.56 Å². The van der Waals surface area contributed by atoms with Gasteiger partial charge in [-0.25, -0.2) is 9.48 Å². The number of hydrogen-bond acceptors (Lipinski definition) is 4. The molecule has 0 aliphatic carbocycles. The number of benzene rings is 2. The largest absolute Gasteiger partial charge is 0.465 e. The van der Waals surface area contributed by atoms with Crippen LogP contribution in [0.1, 0.15) is 32.7 Å². The lowest BCUT2D eigenvalue weighted by Gasteiger charge is -2.15. The number of esters is 1. The number of anilines is 2. The zero-order valence-electron chi connectivity index (χ0n) is 15.8. The van der Waals surface area contributed by atoms with Gasteiger partial charge in [0.15, 0.2) is 0 Å². The van der Waals surface area contributed by atoms with E-state index in [1.165, 1.54) is 7.11 Å². The predicted octanol–water partition coefficient (Wildman–Crippen LogP) is 4.64. The molecule has 0 unspecified atom stereocenters. The first-order chi connectivity index (χ1) is 12.4. The third-order valence-corrected chi connectivity index (χ3v) is 4.54. The van der Waals surface area contributed by atoms with E-state index in [1.54, 1.807) is 6.07 Å². The summed E-state index contributed by atoms with van der Waals surface area (Å²) in [5.41, 5.74) is 6.45. The van der Waals surface area contributed by atoms with Crippen LogP contribution in [0.3, 0.4) is 0 Å². The lowest BCUT2D eigenvalue weighted by atomic mass is 10.1. The summed E-state index contributed by atoms with van der Waals surface area (Å²) in [6, 6.07) is 13.6. The standard InChI is InChI=1S/C21H23N3O2/c1-13-10-11-14(2)19(12-13)24-20(15(3)16(4)23-24)22-18-9-7-6-8-17(18)21(25)26-5/h6-12,22H,1-5H3. The van der Waals surface area contributed by atoms with Crippen LogP contribution >= 0.6 is 0 Å². The Balaban J connectivity index is 2.13. The van der Waals surface area contributed by atoms with E-state index in [1.807, 2.05) is 36.7 Å². The Labute approximate surface area is 153 Å². The van der Waals surface area contributed by atoms with E-state index in [0.717, 1.165) is 33.9 Å². The minimum Gasteiger partial charge on any atom is -0.465 e. The number of para-hydroxylation sites is 1. The number of nitrogens with one attached hydrogen (secondary N) is 1. The highest BCUT2D eigenvalue weighted by Crippen LogP contribution is 2.29. The summed E-state index contributed by atoms with van der Waals surface area (Å²) in [6.45, 7) is 8.13. The first kappa shape index (κ1) is 17.7. The second-order valence-corrected chi connectivity index (χ2v) is 6.42. The van der Waals surface area contributed by atoms with Crippen molar-refractivity contribution in [1.82, 2.24) is 9.78 Å². The van der Waals surface area contributed by atoms with Gasteiger partial charge in [-0.1, -0.05) is 24.3 Å². The predicted molar refractivity (Wildman–Crippen MR) is 104 cm³/mol. The minimum absolute atomic E-state index is 0.375. The van der Waals surface area contributed by atoms with E-state index >= 15 is 0 Å². The van der Waals surface area contributed by atoms with Crippen LogP contribution in [0.15, 0.2) is 42.5 Å². The monoisotopic (exact) mass is 349 g/mol. The molecule has 0 saturated carbocycles. The Morgan fingerprint density at radius 1 is 1.08 bits per heavy atom. The average Bonchev–Trinajstić information content (AvgIpc) is 2.92. The van der Waals surface area contributed by atoms with E-state index in [2.05, 4.69) is 37.4 Å². The maximum Gasteiger partial charge on any atom is 0.339 e. The molecule has 0 atom stereocenters. The fourth-order valence-corrected chi connectivity index (χ4v) is 2.88. The summed E-state index contributed by atoms with van der Waals surface area (Å²) in [4.78, 5) is 12.1. The second kappa shape index (κ2) is 7.04. The van der Waals surface area contributed by atoms with Crippen molar-refractivity contribution in [3.63, 3.8) is 0 Å². The molecular formula is C21H23N3O2. The summed E-state index contributed by atoms with van der Waals surface area (Å²) in [5, 5.41) is 8.10. The zero-order valence-corrected chi connectivity index (χ0v) is 15.8. The molecule has 0 aliphatic heterocycles. The maximum absolute atomic E-state index is 12.1. The Hall–Kier alpha value is -3.08. The van der Waals surface area contributed by atoms with Gasteiger partial charge < -0.3 is 10.1 Å². The van der Waals surface area contributed by atoms with Gasteiger partial charge in [-0.2, -0.15) is 5.10 Å². The van der Waals surface area contributed by atoms with E-state index in [0.29, 0.717) is 11.3 Å². The third kappa shape index (κ3) is 3.20. The van der Waals surface area contributed by atoms with Crippen LogP contribution in [0.5, 0.6) is 0 Å². The molecule has 3 aromatic rings. The van der Waals surface area contributed by atoms with E-state index in [-0.39, 0.29) is 5.97 Å². The molecule has 26 heavy (non-hydrogen) atoms. The van der Waals surface area contributed by atoms with Crippen LogP contribution in [-0.4, -0.2) is 22.9 Å². The van der Waals surface area contributed by atoms with E-state index in [4.69, 9.17) is 9.84 Å². The summed E-state index contributed by atoms with van der Waals surface area (Å²) < 4.78 is 6.80. The maximum atomic E-state index is 12.1. The summed E-state index contributed by atoms with van der Waals surface area (Å²) in [7, 11) is 1.38. The van der Waals surface area contributed by atoms with Gasteiger partial charge in [0.05, 0.1) is 29.7 Å². The number of nitrogens with zero attached hydrogens (tertiary/aromatic N) is 2. The van der Waals surface area contributed by atoms with Crippen LogP contribution in [0.25, 0.3) is 5.69 Å². The molecule has 0 amide bonds. The van der Waals surface area contributed by atoms with Crippen molar-refractivity contribution in [2.45, 2.75) is 27.7 Å². The first-order valence-corrected chi connectivity index (χ1v) is 8.50. The number of hydrogen-bond donors (Lipinski definition) is 1. The van der Waals surface area contributed by atoms with Crippen LogP contribution in [0.4, 0.5) is 11.5 Å².